The van der Waals surface area contributed by atoms with Gasteiger partial charge in [-0.1, -0.05) is 11.6 Å². The molecule has 2 rings (SSSR count). The van der Waals surface area contributed by atoms with Gasteiger partial charge in [0, 0.05) is 0 Å². The van der Waals surface area contributed by atoms with Crippen LogP contribution in [-0.4, -0.2) is 20.9 Å². The molecule has 114 valence electrons. The average Bonchev–Trinajstić information content (AvgIpc) is 2.79. The van der Waals surface area contributed by atoms with E-state index >= 15 is 0 Å². The summed E-state index contributed by atoms with van der Waals surface area (Å²) in [6.45, 7) is 0.339. The van der Waals surface area contributed by atoms with Gasteiger partial charge in [0.25, 0.3) is 5.56 Å². The van der Waals surface area contributed by atoms with Crippen molar-refractivity contribution in [2.75, 3.05) is 5.32 Å². The van der Waals surface area contributed by atoms with Gasteiger partial charge in [0.15, 0.2) is 0 Å². The highest BCUT2D eigenvalue weighted by molar-refractivity contribution is 6.32. The van der Waals surface area contributed by atoms with Crippen LogP contribution in [0.25, 0.3) is 0 Å². The van der Waals surface area contributed by atoms with E-state index in [2.05, 4.69) is 15.4 Å². The van der Waals surface area contributed by atoms with Crippen molar-refractivity contribution < 1.29 is 17.6 Å². The minimum absolute atomic E-state index is 0.107. The van der Waals surface area contributed by atoms with E-state index in [0.29, 0.717) is 11.7 Å². The molecular weight excluding hydrogens is 313 g/mol. The summed E-state index contributed by atoms with van der Waals surface area (Å²) < 4.78 is 42.2. The van der Waals surface area contributed by atoms with E-state index in [-0.39, 0.29) is 21.9 Å². The van der Waals surface area contributed by atoms with Crippen LogP contribution in [0.15, 0.2) is 21.6 Å². The van der Waals surface area contributed by atoms with E-state index in [1.54, 1.807) is 6.92 Å². The zero-order chi connectivity index (χ0) is 15.6. The van der Waals surface area contributed by atoms with Crippen LogP contribution in [0.3, 0.4) is 0 Å². The number of aromatic nitrogens is 3. The number of anilines is 1. The number of nitrogens with one attached hydrogen (secondary N) is 1. The maximum atomic E-state index is 12.2. The quantitative estimate of drug-likeness (QED) is 0.935. The predicted molar refractivity (Wildman–Crippen MR) is 68.1 cm³/mol. The molecule has 2 aromatic heterocycles. The molecule has 10 heteroatoms. The van der Waals surface area contributed by atoms with Gasteiger partial charge in [-0.2, -0.15) is 18.3 Å². The number of oxazole rings is 1. The Balaban J connectivity index is 2.15. The largest absolute Gasteiger partial charge is 0.444 e. The van der Waals surface area contributed by atoms with Gasteiger partial charge >= 0.3 is 6.18 Å². The van der Waals surface area contributed by atoms with Crippen LogP contribution in [0, 0.1) is 6.92 Å². The molecule has 0 amide bonds. The lowest BCUT2D eigenvalue weighted by atomic mass is 10.4. The molecule has 2 heterocycles. The van der Waals surface area contributed by atoms with Crippen molar-refractivity contribution in [2.45, 2.75) is 26.2 Å². The van der Waals surface area contributed by atoms with Crippen molar-refractivity contribution in [1.82, 2.24) is 14.8 Å². The van der Waals surface area contributed by atoms with Gasteiger partial charge in [-0.25, -0.2) is 9.67 Å². The first-order valence-corrected chi connectivity index (χ1v) is 6.11. The first-order valence-electron chi connectivity index (χ1n) is 5.74. The number of hydrogen-bond donors (Lipinski definition) is 1. The molecule has 0 radical (unpaired) electrons. The van der Waals surface area contributed by atoms with Crippen molar-refractivity contribution in [1.29, 1.82) is 0 Å². The monoisotopic (exact) mass is 322 g/mol. The fraction of sp³-hybridized carbons (Fsp3) is 0.364. The molecule has 0 saturated heterocycles. The highest BCUT2D eigenvalue weighted by Crippen LogP contribution is 2.19. The third-order valence-corrected chi connectivity index (χ3v) is 2.78. The molecule has 0 aliphatic heterocycles. The minimum atomic E-state index is -4.55. The van der Waals surface area contributed by atoms with Crippen LogP contribution in [0.2, 0.25) is 5.02 Å². The molecule has 0 saturated carbocycles. The van der Waals surface area contributed by atoms with Gasteiger partial charge < -0.3 is 9.73 Å². The molecule has 1 N–H and O–H groups in total. The number of aryl methyl sites for hydroxylation is 1. The third-order valence-electron chi connectivity index (χ3n) is 2.41. The van der Waals surface area contributed by atoms with Crippen molar-refractivity contribution in [3.63, 3.8) is 0 Å². The Bertz CT molecular complexity index is 696. The highest BCUT2D eigenvalue weighted by Gasteiger charge is 2.29. The minimum Gasteiger partial charge on any atom is -0.444 e. The molecule has 0 atom stereocenters. The van der Waals surface area contributed by atoms with Crippen LogP contribution in [0.1, 0.15) is 11.7 Å². The van der Waals surface area contributed by atoms with Crippen molar-refractivity contribution in [3.8, 4) is 0 Å². The Hall–Kier alpha value is -2.03. The lowest BCUT2D eigenvalue weighted by molar-refractivity contribution is -0.143. The summed E-state index contributed by atoms with van der Waals surface area (Å²) >= 11 is 5.74. The maximum absolute atomic E-state index is 12.2. The molecule has 0 spiro atoms. The zero-order valence-electron chi connectivity index (χ0n) is 10.7. The summed E-state index contributed by atoms with van der Waals surface area (Å²) in [5, 5.41) is 5.78. The van der Waals surface area contributed by atoms with Crippen molar-refractivity contribution >= 4 is 17.3 Å². The lowest BCUT2D eigenvalue weighted by Crippen LogP contribution is -2.30. The Morgan fingerprint density at radius 2 is 2.14 bits per heavy atom. The van der Waals surface area contributed by atoms with E-state index in [9.17, 15) is 18.0 Å². The Kier molecular flexibility index (Phi) is 4.21. The second-order valence-corrected chi connectivity index (χ2v) is 4.55. The summed E-state index contributed by atoms with van der Waals surface area (Å²) in [5.41, 5.74) is -0.918. The van der Waals surface area contributed by atoms with Gasteiger partial charge in [0.05, 0.1) is 24.6 Å². The normalized spacial score (nSPS) is 11.7. The van der Waals surface area contributed by atoms with Crippen LogP contribution < -0.4 is 10.9 Å². The smallest absolute Gasteiger partial charge is 0.408 e. The Morgan fingerprint density at radius 3 is 2.71 bits per heavy atom. The molecule has 0 fully saturated rings. The molecule has 0 aliphatic carbocycles. The van der Waals surface area contributed by atoms with E-state index in [4.69, 9.17) is 16.0 Å². The average molecular weight is 323 g/mol. The molecule has 0 aromatic carbocycles. The standard InChI is InChI=1S/C11H10ClF3N4O2/c1-6-2-17-8(21-6)4-16-7-3-18-19(5-11(13,14)15)10(20)9(7)12/h2-3,16H,4-5H2,1H3. The van der Waals surface area contributed by atoms with Gasteiger partial charge in [0.1, 0.15) is 17.3 Å². The van der Waals surface area contributed by atoms with Crippen molar-refractivity contribution in [2.24, 2.45) is 0 Å². The zero-order valence-corrected chi connectivity index (χ0v) is 11.5. The third kappa shape index (κ3) is 3.97. The van der Waals surface area contributed by atoms with Crippen LogP contribution in [0.4, 0.5) is 18.9 Å². The summed E-state index contributed by atoms with van der Waals surface area (Å²) in [4.78, 5) is 15.6. The van der Waals surface area contributed by atoms with E-state index < -0.39 is 18.3 Å². The maximum Gasteiger partial charge on any atom is 0.408 e. The predicted octanol–water partition coefficient (Wildman–Crippen LogP) is 2.37. The van der Waals surface area contributed by atoms with Gasteiger partial charge in [-0.15, -0.1) is 0 Å². The summed E-state index contributed by atoms with van der Waals surface area (Å²) in [6, 6.07) is 0. The highest BCUT2D eigenvalue weighted by atomic mass is 35.5. The first kappa shape index (κ1) is 15.4. The van der Waals surface area contributed by atoms with E-state index in [1.807, 2.05) is 0 Å². The number of halogens is 4. The van der Waals surface area contributed by atoms with E-state index in [0.717, 1.165) is 6.20 Å². The lowest BCUT2D eigenvalue weighted by Gasteiger charge is -2.10. The van der Waals surface area contributed by atoms with Crippen LogP contribution in [-0.2, 0) is 13.1 Å². The molecule has 0 bridgehead atoms. The second-order valence-electron chi connectivity index (χ2n) is 4.17. The summed E-state index contributed by atoms with van der Waals surface area (Å²) in [7, 11) is 0. The molecule has 0 aliphatic rings. The molecular formula is C11H10ClF3N4O2. The molecule has 0 unspecified atom stereocenters. The molecule has 21 heavy (non-hydrogen) atoms. The van der Waals surface area contributed by atoms with Gasteiger partial charge in [0.2, 0.25) is 5.89 Å². The van der Waals surface area contributed by atoms with Gasteiger partial charge in [-0.3, -0.25) is 4.79 Å². The number of nitrogens with zero attached hydrogens (tertiary/aromatic N) is 3. The summed E-state index contributed by atoms with van der Waals surface area (Å²) in [6.07, 6.45) is -1.99. The summed E-state index contributed by atoms with van der Waals surface area (Å²) in [5.74, 6) is 0.958. The first-order chi connectivity index (χ1) is 9.76. The Labute approximate surface area is 121 Å². The fourth-order valence-electron chi connectivity index (χ4n) is 1.52. The van der Waals surface area contributed by atoms with Crippen LogP contribution in [0.5, 0.6) is 0 Å². The molecule has 6 nitrogen and oxygen atoms in total. The molecule has 2 aromatic rings. The SMILES string of the molecule is Cc1cnc(CNc2cnn(CC(F)(F)F)c(=O)c2Cl)o1. The number of rotatable bonds is 4. The topological polar surface area (TPSA) is 73.0 Å². The van der Waals surface area contributed by atoms with Crippen LogP contribution >= 0.6 is 11.6 Å². The second kappa shape index (κ2) is 5.76. The van der Waals surface area contributed by atoms with E-state index in [1.165, 1.54) is 6.20 Å². The number of hydrogen-bond acceptors (Lipinski definition) is 5. The van der Waals surface area contributed by atoms with Crippen molar-refractivity contribution in [3.05, 3.63) is 39.4 Å². The fourth-order valence-corrected chi connectivity index (χ4v) is 1.74. The Morgan fingerprint density at radius 1 is 1.43 bits per heavy atom. The van der Waals surface area contributed by atoms with Gasteiger partial charge in [-0.05, 0) is 6.92 Å². The number of alkyl halides is 3.